The van der Waals surface area contributed by atoms with E-state index in [9.17, 15) is 13.2 Å². The van der Waals surface area contributed by atoms with Crippen molar-refractivity contribution < 1.29 is 17.9 Å². The number of ether oxygens (including phenoxy) is 1. The molecular weight excluding hydrogens is 360 g/mol. The van der Waals surface area contributed by atoms with Crippen molar-refractivity contribution in [1.29, 1.82) is 0 Å². The summed E-state index contributed by atoms with van der Waals surface area (Å²) in [5, 5.41) is 1.90. The van der Waals surface area contributed by atoms with E-state index >= 15 is 0 Å². The normalized spacial score (nSPS) is 16.4. The minimum absolute atomic E-state index is 0.143. The van der Waals surface area contributed by atoms with Crippen LogP contribution < -0.4 is 4.72 Å². The number of aliphatic imine (C=N–C) groups is 1. The fraction of sp³-hybridized carbons (Fsp3) is 0.176. The fourth-order valence-corrected chi connectivity index (χ4v) is 4.10. The molecule has 1 aliphatic rings. The lowest BCUT2D eigenvalue weighted by Gasteiger charge is -2.09. The van der Waals surface area contributed by atoms with Gasteiger partial charge in [0.2, 0.25) is 15.9 Å². The van der Waals surface area contributed by atoms with Crippen molar-refractivity contribution in [2.45, 2.75) is 24.8 Å². The molecule has 0 aliphatic carbocycles. The Balaban J connectivity index is 1.85. The van der Waals surface area contributed by atoms with E-state index in [4.69, 9.17) is 4.74 Å². The number of hydrogen-bond acceptors (Lipinski definition) is 6. The Morgan fingerprint density at radius 1 is 1.20 bits per heavy atom. The van der Waals surface area contributed by atoms with Gasteiger partial charge in [-0.15, -0.1) is 11.3 Å². The molecule has 0 bridgehead atoms. The van der Waals surface area contributed by atoms with E-state index in [1.807, 2.05) is 17.5 Å². The summed E-state index contributed by atoms with van der Waals surface area (Å²) in [5.74, 6) is -0.366. The molecular formula is C17H16N2O4S2. The van der Waals surface area contributed by atoms with Crippen LogP contribution in [-0.2, 0) is 19.6 Å². The molecule has 3 rings (SSSR count). The maximum absolute atomic E-state index is 12.1. The van der Waals surface area contributed by atoms with E-state index in [1.165, 1.54) is 23.5 Å². The maximum Gasteiger partial charge on any atom is 0.363 e. The van der Waals surface area contributed by atoms with Gasteiger partial charge in [0.1, 0.15) is 0 Å². The Morgan fingerprint density at radius 2 is 1.92 bits per heavy atom. The highest BCUT2D eigenvalue weighted by atomic mass is 32.2. The number of thiophene rings is 1. The molecule has 0 atom stereocenters. The Kier molecular flexibility index (Phi) is 4.85. The topological polar surface area (TPSA) is 84.8 Å². The summed E-state index contributed by atoms with van der Waals surface area (Å²) in [6.45, 7) is 3.50. The number of sulfonamides is 1. The Morgan fingerprint density at radius 3 is 2.52 bits per heavy atom. The second-order valence-electron chi connectivity index (χ2n) is 5.65. The quantitative estimate of drug-likeness (QED) is 0.642. The average Bonchev–Trinajstić information content (AvgIpc) is 3.17. The van der Waals surface area contributed by atoms with Gasteiger partial charge in [-0.1, -0.05) is 6.07 Å². The van der Waals surface area contributed by atoms with Crippen molar-refractivity contribution in [1.82, 2.24) is 4.72 Å². The predicted molar refractivity (Wildman–Crippen MR) is 96.8 cm³/mol. The second kappa shape index (κ2) is 6.91. The van der Waals surface area contributed by atoms with Crippen LogP contribution in [0.15, 0.2) is 57.4 Å². The van der Waals surface area contributed by atoms with Gasteiger partial charge >= 0.3 is 5.97 Å². The molecule has 1 aromatic heterocycles. The molecule has 1 N–H and O–H groups in total. The molecule has 1 aliphatic heterocycles. The van der Waals surface area contributed by atoms with E-state index in [-0.39, 0.29) is 22.5 Å². The van der Waals surface area contributed by atoms with Gasteiger partial charge in [-0.2, -0.15) is 0 Å². The number of hydrogen-bond donors (Lipinski definition) is 1. The third-order valence-electron chi connectivity index (χ3n) is 3.25. The SMILES string of the molecule is CC(C)NS(=O)(=O)c1ccc(C2=N/C(=C\c3cccs3)C(=O)O2)cc1. The molecule has 0 saturated carbocycles. The third kappa shape index (κ3) is 4.04. The van der Waals surface area contributed by atoms with E-state index in [0.717, 1.165) is 4.88 Å². The lowest BCUT2D eigenvalue weighted by atomic mass is 10.2. The van der Waals surface area contributed by atoms with Gasteiger partial charge in [-0.05, 0) is 55.6 Å². The number of carbonyl (C=O) groups is 1. The van der Waals surface area contributed by atoms with Crippen LogP contribution in [0.5, 0.6) is 0 Å². The highest BCUT2D eigenvalue weighted by Crippen LogP contribution is 2.22. The smallest absolute Gasteiger partial charge is 0.363 e. The predicted octanol–water partition coefficient (Wildman–Crippen LogP) is 2.78. The van der Waals surface area contributed by atoms with Crippen LogP contribution in [0.3, 0.4) is 0 Å². The van der Waals surface area contributed by atoms with E-state index < -0.39 is 16.0 Å². The summed E-state index contributed by atoms with van der Waals surface area (Å²) in [6, 6.07) is 9.60. The van der Waals surface area contributed by atoms with Crippen LogP contribution in [0.2, 0.25) is 0 Å². The highest BCUT2D eigenvalue weighted by molar-refractivity contribution is 7.89. The number of esters is 1. The van der Waals surface area contributed by atoms with Crippen molar-refractivity contribution in [2.75, 3.05) is 0 Å². The molecule has 0 saturated heterocycles. The zero-order chi connectivity index (χ0) is 18.0. The summed E-state index contributed by atoms with van der Waals surface area (Å²) in [4.78, 5) is 17.2. The van der Waals surface area contributed by atoms with Crippen molar-refractivity contribution in [3.63, 3.8) is 0 Å². The van der Waals surface area contributed by atoms with Crippen molar-refractivity contribution >= 4 is 39.3 Å². The Hall–Kier alpha value is -2.29. The fourth-order valence-electron chi connectivity index (χ4n) is 2.20. The summed E-state index contributed by atoms with van der Waals surface area (Å²) < 4.78 is 31.9. The molecule has 0 fully saturated rings. The van der Waals surface area contributed by atoms with E-state index in [2.05, 4.69) is 9.71 Å². The van der Waals surface area contributed by atoms with Crippen molar-refractivity contribution in [2.24, 2.45) is 4.99 Å². The summed E-state index contributed by atoms with van der Waals surface area (Å²) in [7, 11) is -3.56. The van der Waals surface area contributed by atoms with Gasteiger partial charge in [0.15, 0.2) is 5.70 Å². The molecule has 0 spiro atoms. The molecule has 1 aromatic carbocycles. The molecule has 25 heavy (non-hydrogen) atoms. The molecule has 0 amide bonds. The van der Waals surface area contributed by atoms with Crippen molar-refractivity contribution in [3.8, 4) is 0 Å². The number of benzene rings is 1. The van der Waals surface area contributed by atoms with Crippen LogP contribution in [0.25, 0.3) is 6.08 Å². The molecule has 8 heteroatoms. The van der Waals surface area contributed by atoms with Gasteiger partial charge in [0, 0.05) is 16.5 Å². The minimum atomic E-state index is -3.56. The van der Waals surface area contributed by atoms with Crippen LogP contribution in [0, 0.1) is 0 Å². The molecule has 0 unspecified atom stereocenters. The van der Waals surface area contributed by atoms with Crippen LogP contribution in [0.1, 0.15) is 24.3 Å². The highest BCUT2D eigenvalue weighted by Gasteiger charge is 2.25. The molecule has 2 aromatic rings. The third-order valence-corrected chi connectivity index (χ3v) is 5.74. The minimum Gasteiger partial charge on any atom is -0.402 e. The zero-order valence-corrected chi connectivity index (χ0v) is 15.2. The first kappa shape index (κ1) is 17.5. The van der Waals surface area contributed by atoms with Crippen LogP contribution in [-0.4, -0.2) is 26.3 Å². The van der Waals surface area contributed by atoms with Crippen LogP contribution in [0.4, 0.5) is 0 Å². The number of cyclic esters (lactones) is 1. The van der Waals surface area contributed by atoms with Crippen LogP contribution >= 0.6 is 11.3 Å². The average molecular weight is 376 g/mol. The largest absolute Gasteiger partial charge is 0.402 e. The maximum atomic E-state index is 12.1. The molecule has 130 valence electrons. The Labute approximate surface area is 149 Å². The van der Waals surface area contributed by atoms with Gasteiger partial charge in [-0.3, -0.25) is 0 Å². The first-order chi connectivity index (χ1) is 11.8. The number of rotatable bonds is 5. The lowest BCUT2D eigenvalue weighted by Crippen LogP contribution is -2.30. The Bertz CT molecular complexity index is 941. The first-order valence-corrected chi connectivity index (χ1v) is 9.90. The summed E-state index contributed by atoms with van der Waals surface area (Å²) >= 11 is 1.49. The summed E-state index contributed by atoms with van der Waals surface area (Å²) in [5.41, 5.74) is 0.752. The van der Waals surface area contributed by atoms with Gasteiger partial charge in [0.25, 0.3) is 0 Å². The lowest BCUT2D eigenvalue weighted by molar-refractivity contribution is -0.129. The number of nitrogens with zero attached hydrogens (tertiary/aromatic N) is 1. The molecule has 6 nitrogen and oxygen atoms in total. The van der Waals surface area contributed by atoms with Gasteiger partial charge in [-0.25, -0.2) is 22.9 Å². The van der Waals surface area contributed by atoms with Gasteiger partial charge < -0.3 is 4.74 Å². The van der Waals surface area contributed by atoms with Gasteiger partial charge in [0.05, 0.1) is 4.90 Å². The monoisotopic (exact) mass is 376 g/mol. The zero-order valence-electron chi connectivity index (χ0n) is 13.6. The standard InChI is InChI=1S/C17H16N2O4S2/c1-11(2)19-25(21,22)14-7-5-12(6-8-14)16-18-15(17(20)23-16)10-13-4-3-9-24-13/h3-11,19H,1-2H3/b15-10-. The first-order valence-electron chi connectivity index (χ1n) is 7.54. The summed E-state index contributed by atoms with van der Waals surface area (Å²) in [6.07, 6.45) is 1.66. The number of carbonyl (C=O) groups excluding carboxylic acids is 1. The molecule has 2 heterocycles. The number of nitrogens with one attached hydrogen (secondary N) is 1. The molecule has 0 radical (unpaired) electrons. The van der Waals surface area contributed by atoms with Crippen molar-refractivity contribution in [3.05, 3.63) is 57.9 Å². The second-order valence-corrected chi connectivity index (χ2v) is 8.35. The van der Waals surface area contributed by atoms with E-state index in [0.29, 0.717) is 5.56 Å². The van der Waals surface area contributed by atoms with E-state index in [1.54, 1.807) is 32.1 Å².